The highest BCUT2D eigenvalue weighted by molar-refractivity contribution is 5.91. The third kappa shape index (κ3) is 4.45. The monoisotopic (exact) mass is 320 g/mol. The molecule has 126 valence electrons. The van der Waals surface area contributed by atoms with Gasteiger partial charge in [-0.05, 0) is 38.3 Å². The Balaban J connectivity index is 2.13. The third-order valence-electron chi connectivity index (χ3n) is 3.50. The number of carbonyl (C=O) groups is 2. The molecule has 0 unspecified atom stereocenters. The summed E-state index contributed by atoms with van der Waals surface area (Å²) in [5.74, 6) is -0.318. The SMILES string of the molecule is COC(=O)CNCc1cccc2c1N(C(=O)OC(C)(C)C)CC2. The van der Waals surface area contributed by atoms with Gasteiger partial charge in [0.05, 0.1) is 19.3 Å². The standard InChI is InChI=1S/C17H24N2O4/c1-17(2,3)23-16(21)19-9-8-12-6-5-7-13(15(12)19)10-18-11-14(20)22-4/h5-7,18H,8-11H2,1-4H3. The number of rotatable bonds is 4. The third-order valence-corrected chi connectivity index (χ3v) is 3.50. The largest absolute Gasteiger partial charge is 0.468 e. The van der Waals surface area contributed by atoms with E-state index in [0.717, 1.165) is 23.2 Å². The maximum absolute atomic E-state index is 12.4. The van der Waals surface area contributed by atoms with E-state index in [2.05, 4.69) is 10.1 Å². The number of nitrogens with zero attached hydrogens (tertiary/aromatic N) is 1. The molecule has 1 aromatic rings. The lowest BCUT2D eigenvalue weighted by molar-refractivity contribution is -0.139. The fourth-order valence-corrected chi connectivity index (χ4v) is 2.55. The highest BCUT2D eigenvalue weighted by atomic mass is 16.6. The first-order chi connectivity index (χ1) is 10.8. The van der Waals surface area contributed by atoms with E-state index < -0.39 is 5.60 Å². The van der Waals surface area contributed by atoms with Crippen LogP contribution in [0.15, 0.2) is 18.2 Å². The minimum Gasteiger partial charge on any atom is -0.468 e. The van der Waals surface area contributed by atoms with Crippen LogP contribution in [0.1, 0.15) is 31.9 Å². The Morgan fingerprint density at radius 1 is 1.30 bits per heavy atom. The van der Waals surface area contributed by atoms with Crippen molar-refractivity contribution in [3.63, 3.8) is 0 Å². The average molecular weight is 320 g/mol. The lowest BCUT2D eigenvalue weighted by atomic mass is 10.1. The second-order valence-corrected chi connectivity index (χ2v) is 6.49. The van der Waals surface area contributed by atoms with Gasteiger partial charge in [-0.3, -0.25) is 9.69 Å². The summed E-state index contributed by atoms with van der Waals surface area (Å²) in [4.78, 5) is 25.3. The van der Waals surface area contributed by atoms with Crippen molar-refractivity contribution in [3.05, 3.63) is 29.3 Å². The number of fused-ring (bicyclic) bond motifs is 1. The Bertz CT molecular complexity index is 593. The van der Waals surface area contributed by atoms with Crippen LogP contribution in [0.3, 0.4) is 0 Å². The van der Waals surface area contributed by atoms with Gasteiger partial charge in [0.25, 0.3) is 0 Å². The molecule has 0 bridgehead atoms. The zero-order valence-corrected chi connectivity index (χ0v) is 14.1. The molecule has 1 aliphatic rings. The van der Waals surface area contributed by atoms with Gasteiger partial charge in [0.2, 0.25) is 0 Å². The Hall–Kier alpha value is -2.08. The molecule has 6 nitrogen and oxygen atoms in total. The van der Waals surface area contributed by atoms with Crippen molar-refractivity contribution in [1.82, 2.24) is 5.32 Å². The minimum absolute atomic E-state index is 0.132. The predicted molar refractivity (Wildman–Crippen MR) is 87.4 cm³/mol. The van der Waals surface area contributed by atoms with Gasteiger partial charge in [-0.15, -0.1) is 0 Å². The lowest BCUT2D eigenvalue weighted by Crippen LogP contribution is -2.36. The van der Waals surface area contributed by atoms with E-state index in [0.29, 0.717) is 13.1 Å². The molecule has 23 heavy (non-hydrogen) atoms. The van der Waals surface area contributed by atoms with Gasteiger partial charge in [-0.25, -0.2) is 4.79 Å². The number of methoxy groups -OCH3 is 1. The number of carbonyl (C=O) groups excluding carboxylic acids is 2. The first kappa shape index (κ1) is 17.3. The Kier molecular flexibility index (Phi) is 5.26. The van der Waals surface area contributed by atoms with Crippen molar-refractivity contribution >= 4 is 17.7 Å². The van der Waals surface area contributed by atoms with Crippen LogP contribution in [0.2, 0.25) is 0 Å². The van der Waals surface area contributed by atoms with Crippen LogP contribution in [0.4, 0.5) is 10.5 Å². The molecule has 1 heterocycles. The van der Waals surface area contributed by atoms with E-state index in [1.165, 1.54) is 7.11 Å². The Morgan fingerprint density at radius 2 is 2.04 bits per heavy atom. The molecule has 2 rings (SSSR count). The molecule has 0 aliphatic carbocycles. The summed E-state index contributed by atoms with van der Waals surface area (Å²) in [6.07, 6.45) is 0.469. The second kappa shape index (κ2) is 7.00. The van der Waals surface area contributed by atoms with Gasteiger partial charge in [0.15, 0.2) is 0 Å². The van der Waals surface area contributed by atoms with Gasteiger partial charge >= 0.3 is 12.1 Å². The van der Waals surface area contributed by atoms with Gasteiger partial charge in [0, 0.05) is 13.1 Å². The average Bonchev–Trinajstić information content (AvgIpc) is 2.90. The molecule has 0 saturated heterocycles. The number of hydrogen-bond acceptors (Lipinski definition) is 5. The van der Waals surface area contributed by atoms with Crippen molar-refractivity contribution in [2.75, 3.05) is 25.1 Å². The smallest absolute Gasteiger partial charge is 0.414 e. The first-order valence-corrected chi connectivity index (χ1v) is 7.70. The number of esters is 1. The minimum atomic E-state index is -0.530. The molecular formula is C17H24N2O4. The fourth-order valence-electron chi connectivity index (χ4n) is 2.55. The van der Waals surface area contributed by atoms with E-state index >= 15 is 0 Å². The van der Waals surface area contributed by atoms with E-state index in [4.69, 9.17) is 4.74 Å². The van der Waals surface area contributed by atoms with Crippen LogP contribution in [0.5, 0.6) is 0 Å². The zero-order chi connectivity index (χ0) is 17.0. The zero-order valence-electron chi connectivity index (χ0n) is 14.1. The number of amides is 1. The fraction of sp³-hybridized carbons (Fsp3) is 0.529. The molecule has 1 aliphatic heterocycles. The molecular weight excluding hydrogens is 296 g/mol. The number of para-hydroxylation sites is 1. The van der Waals surface area contributed by atoms with E-state index in [-0.39, 0.29) is 18.6 Å². The topological polar surface area (TPSA) is 67.9 Å². The second-order valence-electron chi connectivity index (χ2n) is 6.49. The summed E-state index contributed by atoms with van der Waals surface area (Å²) >= 11 is 0. The number of hydrogen-bond donors (Lipinski definition) is 1. The predicted octanol–water partition coefficient (Wildman–Crippen LogP) is 2.25. The van der Waals surface area contributed by atoms with Crippen molar-refractivity contribution in [3.8, 4) is 0 Å². The van der Waals surface area contributed by atoms with Crippen LogP contribution >= 0.6 is 0 Å². The van der Waals surface area contributed by atoms with Crippen molar-refractivity contribution in [1.29, 1.82) is 0 Å². The molecule has 1 N–H and O–H groups in total. The van der Waals surface area contributed by atoms with Crippen LogP contribution in [-0.4, -0.2) is 37.9 Å². The summed E-state index contributed by atoms with van der Waals surface area (Å²) in [6.45, 7) is 6.78. The quantitative estimate of drug-likeness (QED) is 0.862. The number of benzene rings is 1. The number of anilines is 1. The number of nitrogens with one attached hydrogen (secondary N) is 1. The molecule has 0 radical (unpaired) electrons. The summed E-state index contributed by atoms with van der Waals surface area (Å²) in [5.41, 5.74) is 2.44. The summed E-state index contributed by atoms with van der Waals surface area (Å²) in [6, 6.07) is 5.93. The number of ether oxygens (including phenoxy) is 2. The van der Waals surface area contributed by atoms with Crippen molar-refractivity contribution in [2.24, 2.45) is 0 Å². The van der Waals surface area contributed by atoms with Crippen LogP contribution in [0.25, 0.3) is 0 Å². The van der Waals surface area contributed by atoms with Crippen LogP contribution in [0, 0.1) is 0 Å². The van der Waals surface area contributed by atoms with Gasteiger partial charge in [0.1, 0.15) is 5.60 Å². The molecule has 0 atom stereocenters. The summed E-state index contributed by atoms with van der Waals surface area (Å²) < 4.78 is 10.1. The van der Waals surface area contributed by atoms with Gasteiger partial charge in [-0.2, -0.15) is 0 Å². The van der Waals surface area contributed by atoms with Gasteiger partial charge in [-0.1, -0.05) is 18.2 Å². The molecule has 6 heteroatoms. The van der Waals surface area contributed by atoms with Crippen LogP contribution < -0.4 is 10.2 Å². The molecule has 1 aromatic carbocycles. The van der Waals surface area contributed by atoms with Gasteiger partial charge < -0.3 is 14.8 Å². The van der Waals surface area contributed by atoms with E-state index in [1.807, 2.05) is 39.0 Å². The molecule has 0 aromatic heterocycles. The van der Waals surface area contributed by atoms with E-state index in [9.17, 15) is 9.59 Å². The van der Waals surface area contributed by atoms with E-state index in [1.54, 1.807) is 4.90 Å². The first-order valence-electron chi connectivity index (χ1n) is 7.70. The normalized spacial score (nSPS) is 13.7. The molecule has 0 fully saturated rings. The highest BCUT2D eigenvalue weighted by Gasteiger charge is 2.30. The maximum atomic E-state index is 12.4. The summed E-state index contributed by atoms with van der Waals surface area (Å²) in [7, 11) is 1.36. The van der Waals surface area contributed by atoms with Crippen LogP contribution in [-0.2, 0) is 27.2 Å². The Morgan fingerprint density at radius 3 is 2.70 bits per heavy atom. The highest BCUT2D eigenvalue weighted by Crippen LogP contribution is 2.33. The molecule has 1 amide bonds. The summed E-state index contributed by atoms with van der Waals surface area (Å²) in [5, 5.41) is 3.04. The Labute approximate surface area is 136 Å². The lowest BCUT2D eigenvalue weighted by Gasteiger charge is -2.26. The van der Waals surface area contributed by atoms with Crippen molar-refractivity contribution in [2.45, 2.75) is 39.3 Å². The molecule has 0 spiro atoms. The molecule has 0 saturated carbocycles. The maximum Gasteiger partial charge on any atom is 0.414 e. The van der Waals surface area contributed by atoms with Crippen molar-refractivity contribution < 1.29 is 19.1 Å².